The summed E-state index contributed by atoms with van der Waals surface area (Å²) in [5.41, 5.74) is 0.560. The fourth-order valence-corrected chi connectivity index (χ4v) is 2.76. The monoisotopic (exact) mass is 387 g/mol. The largest absolute Gasteiger partial charge is 0.481 e. The van der Waals surface area contributed by atoms with Crippen molar-refractivity contribution in [2.24, 2.45) is 0 Å². The number of carbonyl (C=O) groups excluding carboxylic acids is 1. The van der Waals surface area contributed by atoms with Crippen LogP contribution in [-0.2, 0) is 4.79 Å². The molecule has 1 fully saturated rings. The maximum absolute atomic E-state index is 13.1. The van der Waals surface area contributed by atoms with Crippen LogP contribution in [0, 0.1) is 15.9 Å². The van der Waals surface area contributed by atoms with Gasteiger partial charge >= 0.3 is 5.97 Å². The molecular formula is C19H18FN3O5. The Morgan fingerprint density at radius 1 is 1.21 bits per heavy atom. The topological polar surface area (TPSA) is 122 Å². The molecule has 28 heavy (non-hydrogen) atoms. The quantitative estimate of drug-likeness (QED) is 0.472. The van der Waals surface area contributed by atoms with Crippen LogP contribution in [0.3, 0.4) is 0 Å². The molecule has 0 aromatic heterocycles. The Morgan fingerprint density at radius 3 is 2.46 bits per heavy atom. The molecule has 1 atom stereocenters. The van der Waals surface area contributed by atoms with Crippen molar-refractivity contribution in [3.63, 3.8) is 0 Å². The first-order valence-corrected chi connectivity index (χ1v) is 8.66. The summed E-state index contributed by atoms with van der Waals surface area (Å²) in [5.74, 6) is -2.29. The van der Waals surface area contributed by atoms with Gasteiger partial charge in [0, 0.05) is 17.7 Å². The van der Waals surface area contributed by atoms with Gasteiger partial charge in [0.15, 0.2) is 0 Å². The van der Waals surface area contributed by atoms with Crippen LogP contribution in [0.4, 0.5) is 15.8 Å². The van der Waals surface area contributed by atoms with Crippen molar-refractivity contribution in [2.45, 2.75) is 31.3 Å². The molecule has 0 heterocycles. The number of hydrogen-bond acceptors (Lipinski definition) is 5. The Morgan fingerprint density at radius 2 is 1.89 bits per heavy atom. The first-order chi connectivity index (χ1) is 13.3. The number of amides is 1. The van der Waals surface area contributed by atoms with Crippen molar-refractivity contribution < 1.29 is 24.0 Å². The minimum atomic E-state index is -1.15. The van der Waals surface area contributed by atoms with Crippen LogP contribution in [0.2, 0.25) is 0 Å². The number of nitro groups is 1. The number of nitrogens with zero attached hydrogens (tertiary/aromatic N) is 1. The van der Waals surface area contributed by atoms with Gasteiger partial charge in [0.05, 0.1) is 17.4 Å². The van der Waals surface area contributed by atoms with Crippen molar-refractivity contribution >= 4 is 23.3 Å². The third-order valence-electron chi connectivity index (χ3n) is 4.35. The van der Waals surface area contributed by atoms with Crippen LogP contribution < -0.4 is 10.6 Å². The minimum Gasteiger partial charge on any atom is -0.481 e. The van der Waals surface area contributed by atoms with Gasteiger partial charge in [-0.25, -0.2) is 4.39 Å². The van der Waals surface area contributed by atoms with Crippen molar-refractivity contribution in [1.82, 2.24) is 5.32 Å². The second-order valence-corrected chi connectivity index (χ2v) is 6.58. The first kappa shape index (κ1) is 19.3. The molecule has 9 heteroatoms. The molecule has 2 aromatic carbocycles. The van der Waals surface area contributed by atoms with Gasteiger partial charge in [0.1, 0.15) is 11.5 Å². The van der Waals surface area contributed by atoms with E-state index in [4.69, 9.17) is 5.11 Å². The maximum atomic E-state index is 13.1. The molecule has 0 saturated heterocycles. The van der Waals surface area contributed by atoms with E-state index >= 15 is 0 Å². The summed E-state index contributed by atoms with van der Waals surface area (Å²) in [6, 6.07) is 8.46. The highest BCUT2D eigenvalue weighted by Crippen LogP contribution is 2.31. The highest BCUT2D eigenvalue weighted by molar-refractivity contribution is 5.96. The Bertz CT molecular complexity index is 912. The SMILES string of the molecule is O=C(O)CC(NC(=O)c1ccc(NC2CC2)c([N+](=O)[O-])c1)c1ccc(F)cc1. The summed E-state index contributed by atoms with van der Waals surface area (Å²) in [6.45, 7) is 0. The molecule has 1 saturated carbocycles. The normalized spacial score (nSPS) is 14.2. The lowest BCUT2D eigenvalue weighted by molar-refractivity contribution is -0.384. The number of anilines is 1. The Hall–Kier alpha value is -3.49. The number of nitro benzene ring substituents is 1. The van der Waals surface area contributed by atoms with Crippen LogP contribution in [0.15, 0.2) is 42.5 Å². The summed E-state index contributed by atoms with van der Waals surface area (Å²) in [5, 5.41) is 26.0. The molecule has 3 N–H and O–H groups in total. The summed E-state index contributed by atoms with van der Waals surface area (Å²) >= 11 is 0. The highest BCUT2D eigenvalue weighted by atomic mass is 19.1. The first-order valence-electron chi connectivity index (χ1n) is 8.66. The molecule has 0 spiro atoms. The van der Waals surface area contributed by atoms with E-state index in [1.165, 1.54) is 36.4 Å². The zero-order valence-corrected chi connectivity index (χ0v) is 14.7. The third kappa shape index (κ3) is 4.81. The van der Waals surface area contributed by atoms with Crippen LogP contribution in [-0.4, -0.2) is 27.9 Å². The predicted octanol–water partition coefficient (Wildman–Crippen LogP) is 3.25. The fraction of sp³-hybridized carbons (Fsp3) is 0.263. The fourth-order valence-electron chi connectivity index (χ4n) is 2.76. The van der Waals surface area contributed by atoms with Crippen molar-refractivity contribution in [1.29, 1.82) is 0 Å². The lowest BCUT2D eigenvalue weighted by atomic mass is 10.0. The van der Waals surface area contributed by atoms with Gasteiger partial charge in [-0.3, -0.25) is 19.7 Å². The molecule has 3 rings (SSSR count). The van der Waals surface area contributed by atoms with Gasteiger partial charge in [-0.1, -0.05) is 12.1 Å². The van der Waals surface area contributed by atoms with E-state index in [9.17, 15) is 24.1 Å². The van der Waals surface area contributed by atoms with Crippen molar-refractivity contribution in [2.75, 3.05) is 5.32 Å². The molecule has 0 bridgehead atoms. The molecule has 0 radical (unpaired) electrons. The Balaban J connectivity index is 1.82. The number of aliphatic carboxylic acids is 1. The molecule has 1 amide bonds. The summed E-state index contributed by atoms with van der Waals surface area (Å²) in [7, 11) is 0. The van der Waals surface area contributed by atoms with Crippen LogP contribution in [0.1, 0.15) is 41.2 Å². The van der Waals surface area contributed by atoms with E-state index in [-0.39, 0.29) is 17.3 Å². The van der Waals surface area contributed by atoms with E-state index in [1.807, 2.05) is 0 Å². The lowest BCUT2D eigenvalue weighted by Gasteiger charge is -2.18. The summed E-state index contributed by atoms with van der Waals surface area (Å²) in [4.78, 5) is 34.5. The second-order valence-electron chi connectivity index (χ2n) is 6.58. The summed E-state index contributed by atoms with van der Waals surface area (Å²) in [6.07, 6.45) is 1.46. The molecular weight excluding hydrogens is 369 g/mol. The maximum Gasteiger partial charge on any atom is 0.305 e. The number of carboxylic acid groups (broad SMARTS) is 1. The number of benzene rings is 2. The average Bonchev–Trinajstić information content (AvgIpc) is 3.45. The van der Waals surface area contributed by atoms with Crippen molar-refractivity contribution in [3.8, 4) is 0 Å². The number of halogens is 1. The van der Waals surface area contributed by atoms with Crippen LogP contribution >= 0.6 is 0 Å². The lowest BCUT2D eigenvalue weighted by Crippen LogP contribution is -2.30. The van der Waals surface area contributed by atoms with E-state index in [2.05, 4.69) is 10.6 Å². The molecule has 146 valence electrons. The molecule has 1 aliphatic carbocycles. The average molecular weight is 387 g/mol. The van der Waals surface area contributed by atoms with E-state index < -0.39 is 35.1 Å². The van der Waals surface area contributed by atoms with Gasteiger partial charge in [-0.15, -0.1) is 0 Å². The zero-order chi connectivity index (χ0) is 20.3. The van der Waals surface area contributed by atoms with Gasteiger partial charge < -0.3 is 15.7 Å². The minimum absolute atomic E-state index is 0.0329. The van der Waals surface area contributed by atoms with E-state index in [1.54, 1.807) is 0 Å². The van der Waals surface area contributed by atoms with Crippen LogP contribution in [0.5, 0.6) is 0 Å². The van der Waals surface area contributed by atoms with Gasteiger partial charge in [0.25, 0.3) is 11.6 Å². The standard InChI is InChI=1S/C19H18FN3O5/c20-13-4-1-11(2-5-13)16(10-18(24)25)22-19(26)12-3-8-15(21-14-6-7-14)17(9-12)23(27)28/h1-5,8-9,14,16,21H,6-7,10H2,(H,22,26)(H,24,25). The third-order valence-corrected chi connectivity index (χ3v) is 4.35. The van der Waals surface area contributed by atoms with Crippen LogP contribution in [0.25, 0.3) is 0 Å². The van der Waals surface area contributed by atoms with Gasteiger partial charge in [-0.2, -0.15) is 0 Å². The Kier molecular flexibility index (Phi) is 5.53. The van der Waals surface area contributed by atoms with Crippen molar-refractivity contribution in [3.05, 3.63) is 69.5 Å². The molecule has 2 aromatic rings. The second kappa shape index (κ2) is 8.03. The zero-order valence-electron chi connectivity index (χ0n) is 14.7. The summed E-state index contributed by atoms with van der Waals surface area (Å²) < 4.78 is 13.1. The van der Waals surface area contributed by atoms with Gasteiger partial charge in [0.2, 0.25) is 0 Å². The number of nitrogens with one attached hydrogen (secondary N) is 2. The number of carboxylic acids is 1. The highest BCUT2D eigenvalue weighted by Gasteiger charge is 2.26. The predicted molar refractivity (Wildman–Crippen MR) is 98.6 cm³/mol. The number of rotatable bonds is 8. The smallest absolute Gasteiger partial charge is 0.305 e. The van der Waals surface area contributed by atoms with E-state index in [0.717, 1.165) is 18.9 Å². The molecule has 1 unspecified atom stereocenters. The Labute approximate surface area is 159 Å². The van der Waals surface area contributed by atoms with E-state index in [0.29, 0.717) is 11.3 Å². The molecule has 0 aliphatic heterocycles. The number of hydrogen-bond donors (Lipinski definition) is 3. The number of carbonyl (C=O) groups is 2. The molecule has 8 nitrogen and oxygen atoms in total. The molecule has 1 aliphatic rings. The van der Waals surface area contributed by atoms with Gasteiger partial charge in [-0.05, 0) is 42.7 Å².